The lowest BCUT2D eigenvalue weighted by molar-refractivity contribution is 0.145. The molecule has 2 aromatic carbocycles. The third kappa shape index (κ3) is 6.04. The van der Waals surface area contributed by atoms with Crippen LogP contribution in [0, 0.1) is 5.41 Å². The van der Waals surface area contributed by atoms with E-state index >= 15 is 0 Å². The molecule has 0 saturated carbocycles. The predicted molar refractivity (Wildman–Crippen MR) is 96.9 cm³/mol. The van der Waals surface area contributed by atoms with E-state index in [0.29, 0.717) is 12.2 Å². The standard InChI is InChI=1S/C18H19BrN2O3/c19-11-4-12-23-16-9-7-15(8-10-16)17(20)21-18(22)24-13-14-5-2-1-3-6-14/h1-3,5-10H,4,11-13H2,(H2,20,21,22). The van der Waals surface area contributed by atoms with Gasteiger partial charge in [-0.05, 0) is 36.2 Å². The molecule has 2 rings (SSSR count). The number of alkyl halides is 1. The van der Waals surface area contributed by atoms with E-state index in [1.54, 1.807) is 24.3 Å². The van der Waals surface area contributed by atoms with Crippen molar-refractivity contribution in [2.45, 2.75) is 13.0 Å². The van der Waals surface area contributed by atoms with Crippen molar-refractivity contribution in [3.63, 3.8) is 0 Å². The second-order valence-electron chi connectivity index (χ2n) is 4.98. The van der Waals surface area contributed by atoms with E-state index in [1.165, 1.54) is 0 Å². The van der Waals surface area contributed by atoms with Gasteiger partial charge in [-0.15, -0.1) is 0 Å². The first kappa shape index (κ1) is 18.0. The van der Waals surface area contributed by atoms with Gasteiger partial charge in [0.25, 0.3) is 0 Å². The van der Waals surface area contributed by atoms with Gasteiger partial charge in [-0.25, -0.2) is 4.79 Å². The van der Waals surface area contributed by atoms with Gasteiger partial charge in [0.1, 0.15) is 18.2 Å². The summed E-state index contributed by atoms with van der Waals surface area (Å²) >= 11 is 3.34. The van der Waals surface area contributed by atoms with Crippen LogP contribution in [0.5, 0.6) is 5.75 Å². The molecule has 0 spiro atoms. The second kappa shape index (κ2) is 9.72. The molecule has 1 amide bonds. The van der Waals surface area contributed by atoms with Gasteiger partial charge in [0.2, 0.25) is 0 Å². The lowest BCUT2D eigenvalue weighted by Gasteiger charge is -2.09. The number of carbonyl (C=O) groups excluding carboxylic acids is 1. The predicted octanol–water partition coefficient (Wildman–Crippen LogP) is 4.10. The fourth-order valence-corrected chi connectivity index (χ4v) is 2.12. The van der Waals surface area contributed by atoms with Gasteiger partial charge in [-0.3, -0.25) is 10.7 Å². The highest BCUT2D eigenvalue weighted by molar-refractivity contribution is 9.09. The number of nitrogens with one attached hydrogen (secondary N) is 2. The molecule has 0 aliphatic heterocycles. The Morgan fingerprint density at radius 2 is 1.79 bits per heavy atom. The van der Waals surface area contributed by atoms with Crippen molar-refractivity contribution in [3.05, 3.63) is 65.7 Å². The highest BCUT2D eigenvalue weighted by Gasteiger charge is 2.08. The number of benzene rings is 2. The Morgan fingerprint density at radius 1 is 1.08 bits per heavy atom. The van der Waals surface area contributed by atoms with Crippen molar-refractivity contribution < 1.29 is 14.3 Å². The maximum atomic E-state index is 11.7. The van der Waals surface area contributed by atoms with Crippen molar-refractivity contribution >= 4 is 27.9 Å². The smallest absolute Gasteiger partial charge is 0.413 e. The summed E-state index contributed by atoms with van der Waals surface area (Å²) in [5.74, 6) is 0.722. The number of ether oxygens (including phenoxy) is 2. The summed E-state index contributed by atoms with van der Waals surface area (Å²) in [5, 5.41) is 11.2. The lowest BCUT2D eigenvalue weighted by atomic mass is 10.2. The molecule has 0 bridgehead atoms. The summed E-state index contributed by atoms with van der Waals surface area (Å²) < 4.78 is 10.6. The molecule has 0 aliphatic carbocycles. The molecule has 0 radical (unpaired) electrons. The largest absolute Gasteiger partial charge is 0.494 e. The summed E-state index contributed by atoms with van der Waals surface area (Å²) in [5.41, 5.74) is 1.48. The molecular weight excluding hydrogens is 372 g/mol. The van der Waals surface area contributed by atoms with E-state index in [4.69, 9.17) is 14.9 Å². The molecule has 0 aliphatic rings. The number of amides is 1. The topological polar surface area (TPSA) is 71.4 Å². The van der Waals surface area contributed by atoms with Crippen LogP contribution in [0.15, 0.2) is 54.6 Å². The minimum absolute atomic E-state index is 0.0138. The summed E-state index contributed by atoms with van der Waals surface area (Å²) in [7, 11) is 0. The zero-order chi connectivity index (χ0) is 17.2. The average Bonchev–Trinajstić information content (AvgIpc) is 2.61. The maximum absolute atomic E-state index is 11.7. The maximum Gasteiger partial charge on any atom is 0.413 e. The number of halogens is 1. The zero-order valence-corrected chi connectivity index (χ0v) is 14.7. The molecule has 2 N–H and O–H groups in total. The Hall–Kier alpha value is -2.34. The molecule has 0 saturated heterocycles. The van der Waals surface area contributed by atoms with Crippen LogP contribution in [0.3, 0.4) is 0 Å². The van der Waals surface area contributed by atoms with Crippen molar-refractivity contribution in [3.8, 4) is 5.75 Å². The van der Waals surface area contributed by atoms with Crippen LogP contribution in [-0.4, -0.2) is 23.9 Å². The highest BCUT2D eigenvalue weighted by Crippen LogP contribution is 2.12. The summed E-state index contributed by atoms with van der Waals surface area (Å²) in [6.45, 7) is 0.798. The van der Waals surface area contributed by atoms with E-state index < -0.39 is 6.09 Å². The zero-order valence-electron chi connectivity index (χ0n) is 13.1. The molecule has 0 heterocycles. The molecule has 0 unspecified atom stereocenters. The molecule has 24 heavy (non-hydrogen) atoms. The van der Waals surface area contributed by atoms with Gasteiger partial charge in [0, 0.05) is 10.9 Å². The number of amidine groups is 1. The number of hydrogen-bond acceptors (Lipinski definition) is 4. The molecule has 6 heteroatoms. The van der Waals surface area contributed by atoms with E-state index in [9.17, 15) is 4.79 Å². The minimum Gasteiger partial charge on any atom is -0.494 e. The average molecular weight is 391 g/mol. The summed E-state index contributed by atoms with van der Waals surface area (Å²) in [4.78, 5) is 11.7. The first-order chi connectivity index (χ1) is 11.7. The van der Waals surface area contributed by atoms with E-state index in [0.717, 1.165) is 23.1 Å². The van der Waals surface area contributed by atoms with Crippen LogP contribution in [0.1, 0.15) is 17.5 Å². The second-order valence-corrected chi connectivity index (χ2v) is 5.77. The number of carbonyl (C=O) groups is 1. The number of rotatable bonds is 7. The van der Waals surface area contributed by atoms with E-state index in [1.807, 2.05) is 30.3 Å². The summed E-state index contributed by atoms with van der Waals surface area (Å²) in [6, 6.07) is 16.4. The van der Waals surface area contributed by atoms with Crippen LogP contribution in [0.25, 0.3) is 0 Å². The minimum atomic E-state index is -0.651. The van der Waals surface area contributed by atoms with E-state index in [2.05, 4.69) is 21.2 Å². The molecule has 2 aromatic rings. The van der Waals surface area contributed by atoms with Crippen molar-refractivity contribution in [2.75, 3.05) is 11.9 Å². The number of hydrogen-bond donors (Lipinski definition) is 2. The van der Waals surface area contributed by atoms with Crippen LogP contribution in [-0.2, 0) is 11.3 Å². The Kier molecular flexibility index (Phi) is 7.29. The molecule has 0 atom stereocenters. The van der Waals surface area contributed by atoms with Crippen LogP contribution in [0.2, 0.25) is 0 Å². The van der Waals surface area contributed by atoms with Crippen LogP contribution >= 0.6 is 15.9 Å². The summed E-state index contributed by atoms with van der Waals surface area (Å²) in [6.07, 6.45) is 0.272. The third-order valence-corrected chi connectivity index (χ3v) is 3.69. The quantitative estimate of drug-likeness (QED) is 0.323. The van der Waals surface area contributed by atoms with Gasteiger partial charge >= 0.3 is 6.09 Å². The van der Waals surface area contributed by atoms with Gasteiger partial charge < -0.3 is 9.47 Å². The SMILES string of the molecule is N=C(NC(=O)OCc1ccccc1)c1ccc(OCCCBr)cc1. The van der Waals surface area contributed by atoms with E-state index in [-0.39, 0.29) is 12.4 Å². The molecule has 126 valence electrons. The monoisotopic (exact) mass is 390 g/mol. The van der Waals surface area contributed by atoms with Gasteiger partial charge in [-0.1, -0.05) is 46.3 Å². The van der Waals surface area contributed by atoms with Crippen LogP contribution in [0.4, 0.5) is 4.79 Å². The van der Waals surface area contributed by atoms with Crippen LogP contribution < -0.4 is 10.1 Å². The molecule has 0 fully saturated rings. The van der Waals surface area contributed by atoms with Gasteiger partial charge in [0.05, 0.1) is 6.61 Å². The van der Waals surface area contributed by atoms with Gasteiger partial charge in [-0.2, -0.15) is 0 Å². The molecular formula is C18H19BrN2O3. The first-order valence-electron chi connectivity index (χ1n) is 7.54. The molecule has 5 nitrogen and oxygen atoms in total. The lowest BCUT2D eigenvalue weighted by Crippen LogP contribution is -2.30. The Balaban J connectivity index is 1.79. The Morgan fingerprint density at radius 3 is 2.46 bits per heavy atom. The van der Waals surface area contributed by atoms with Gasteiger partial charge in [0.15, 0.2) is 0 Å². The first-order valence-corrected chi connectivity index (χ1v) is 8.66. The Bertz CT molecular complexity index is 660. The fraction of sp³-hybridized carbons (Fsp3) is 0.222. The van der Waals surface area contributed by atoms with Crippen molar-refractivity contribution in [1.29, 1.82) is 5.41 Å². The van der Waals surface area contributed by atoms with Crippen molar-refractivity contribution in [1.82, 2.24) is 5.32 Å². The Labute approximate surface area is 149 Å². The fourth-order valence-electron chi connectivity index (χ4n) is 1.90. The third-order valence-electron chi connectivity index (χ3n) is 3.13. The molecule has 0 aromatic heterocycles. The van der Waals surface area contributed by atoms with Crippen molar-refractivity contribution in [2.24, 2.45) is 0 Å². The number of alkyl carbamates (subject to hydrolysis) is 1. The highest BCUT2D eigenvalue weighted by atomic mass is 79.9. The normalized spacial score (nSPS) is 10.0.